The molecule has 1 rings (SSSR count). The second-order valence-electron chi connectivity index (χ2n) is 3.30. The van der Waals surface area contributed by atoms with Crippen molar-refractivity contribution in [2.75, 3.05) is 0 Å². The largest absolute Gasteiger partial charge is 0.317 e. The molecule has 0 unspecified atom stereocenters. The molecule has 1 aromatic carbocycles. The Hall–Kier alpha value is -1.44. The van der Waals surface area contributed by atoms with Crippen LogP contribution in [0.4, 0.5) is 0 Å². The summed E-state index contributed by atoms with van der Waals surface area (Å²) in [5.41, 5.74) is 2.76. The summed E-state index contributed by atoms with van der Waals surface area (Å²) >= 11 is 0. The lowest BCUT2D eigenvalue weighted by atomic mass is 10.0. The SMILES string of the molecule is C=N.CC=O.Cc1ccc(C(C)C)cc1. The van der Waals surface area contributed by atoms with Crippen LogP contribution in [0.5, 0.6) is 0 Å². The van der Waals surface area contributed by atoms with Gasteiger partial charge in [0.15, 0.2) is 0 Å². The van der Waals surface area contributed by atoms with Crippen molar-refractivity contribution < 1.29 is 4.79 Å². The van der Waals surface area contributed by atoms with Crippen molar-refractivity contribution in [2.45, 2.75) is 33.6 Å². The van der Waals surface area contributed by atoms with Crippen LogP contribution in [0.25, 0.3) is 0 Å². The van der Waals surface area contributed by atoms with Gasteiger partial charge in [0, 0.05) is 0 Å². The Morgan fingerprint density at radius 3 is 1.80 bits per heavy atom. The van der Waals surface area contributed by atoms with Crippen LogP contribution in [0.3, 0.4) is 0 Å². The van der Waals surface area contributed by atoms with Gasteiger partial charge in [-0.15, -0.1) is 0 Å². The molecule has 0 aliphatic carbocycles. The molecule has 2 heteroatoms. The average Bonchev–Trinajstić information content (AvgIpc) is 2.22. The third kappa shape index (κ3) is 8.88. The molecular weight excluding hydrogens is 186 g/mol. The van der Waals surface area contributed by atoms with Gasteiger partial charge in [0.1, 0.15) is 6.29 Å². The molecule has 0 aliphatic rings. The first-order chi connectivity index (χ1) is 7.11. The maximum atomic E-state index is 8.81. The molecule has 0 aromatic heterocycles. The zero-order valence-electron chi connectivity index (χ0n) is 10.1. The van der Waals surface area contributed by atoms with Gasteiger partial charge in [-0.1, -0.05) is 43.7 Å². The molecule has 84 valence electrons. The second kappa shape index (κ2) is 10.6. The Kier molecular flexibility index (Phi) is 11.4. The molecule has 0 radical (unpaired) electrons. The predicted molar refractivity (Wildman–Crippen MR) is 66.8 cm³/mol. The number of aryl methyl sites for hydroxylation is 1. The molecule has 0 bridgehead atoms. The summed E-state index contributed by atoms with van der Waals surface area (Å²) in [6, 6.07) is 8.71. The minimum atomic E-state index is 0.653. The molecular formula is C13H21NO. The first kappa shape index (κ1) is 16.0. The molecule has 0 fully saturated rings. The van der Waals surface area contributed by atoms with E-state index in [1.807, 2.05) is 0 Å². The van der Waals surface area contributed by atoms with Crippen LogP contribution in [0.2, 0.25) is 0 Å². The van der Waals surface area contributed by atoms with E-state index in [0.717, 1.165) is 6.29 Å². The zero-order chi connectivity index (χ0) is 12.3. The topological polar surface area (TPSA) is 40.9 Å². The van der Waals surface area contributed by atoms with E-state index in [2.05, 4.69) is 51.8 Å². The van der Waals surface area contributed by atoms with Gasteiger partial charge in [0.05, 0.1) is 0 Å². The van der Waals surface area contributed by atoms with E-state index in [9.17, 15) is 0 Å². The Morgan fingerprint density at radius 2 is 1.53 bits per heavy atom. The molecule has 0 saturated carbocycles. The third-order valence-corrected chi connectivity index (χ3v) is 1.74. The number of benzene rings is 1. The lowest BCUT2D eigenvalue weighted by molar-refractivity contribution is -0.106. The lowest BCUT2D eigenvalue weighted by Gasteiger charge is -2.03. The normalized spacial score (nSPS) is 8.07. The Bertz CT molecular complexity index is 252. The van der Waals surface area contributed by atoms with Gasteiger partial charge in [0.2, 0.25) is 0 Å². The minimum Gasteiger partial charge on any atom is -0.317 e. The highest BCUT2D eigenvalue weighted by Crippen LogP contribution is 2.13. The standard InChI is InChI=1S/C10H14.C2H4O.CH3N/c1-8(2)10-6-4-9(3)5-7-10;1-2-3;1-2/h4-8H,1-3H3;2H,1H3;2H,1H2. The Morgan fingerprint density at radius 1 is 1.20 bits per heavy atom. The third-order valence-electron chi connectivity index (χ3n) is 1.74. The maximum absolute atomic E-state index is 8.81. The fourth-order valence-electron chi connectivity index (χ4n) is 0.951. The number of nitrogens with one attached hydrogen (secondary N) is 1. The molecule has 0 aliphatic heterocycles. The molecule has 15 heavy (non-hydrogen) atoms. The van der Waals surface area contributed by atoms with Crippen LogP contribution in [0, 0.1) is 12.3 Å². The van der Waals surface area contributed by atoms with E-state index < -0.39 is 0 Å². The smallest absolute Gasteiger partial charge is 0.116 e. The van der Waals surface area contributed by atoms with Crippen molar-refractivity contribution in [3.63, 3.8) is 0 Å². The van der Waals surface area contributed by atoms with Crippen molar-refractivity contribution in [1.82, 2.24) is 0 Å². The van der Waals surface area contributed by atoms with Crippen molar-refractivity contribution in [1.29, 1.82) is 5.41 Å². The summed E-state index contributed by atoms with van der Waals surface area (Å²) in [6.07, 6.45) is 0.750. The summed E-state index contributed by atoms with van der Waals surface area (Å²) in [7, 11) is 0. The fraction of sp³-hybridized carbons (Fsp3) is 0.385. The van der Waals surface area contributed by atoms with Crippen LogP contribution in [0.15, 0.2) is 24.3 Å². The minimum absolute atomic E-state index is 0.653. The molecule has 0 amide bonds. The number of aldehydes is 1. The van der Waals surface area contributed by atoms with Crippen molar-refractivity contribution in [3.05, 3.63) is 35.4 Å². The van der Waals surface area contributed by atoms with E-state index in [1.165, 1.54) is 18.1 Å². The number of rotatable bonds is 1. The van der Waals surface area contributed by atoms with Crippen molar-refractivity contribution >= 4 is 13.0 Å². The molecule has 1 N–H and O–H groups in total. The summed E-state index contributed by atoms with van der Waals surface area (Å²) < 4.78 is 0. The molecule has 0 heterocycles. The van der Waals surface area contributed by atoms with Gasteiger partial charge >= 0.3 is 0 Å². The van der Waals surface area contributed by atoms with E-state index in [4.69, 9.17) is 10.2 Å². The van der Waals surface area contributed by atoms with Crippen LogP contribution in [-0.2, 0) is 4.79 Å². The number of carbonyl (C=O) groups excluding carboxylic acids is 1. The van der Waals surface area contributed by atoms with E-state index in [-0.39, 0.29) is 0 Å². The number of hydrogen-bond acceptors (Lipinski definition) is 2. The average molecular weight is 207 g/mol. The molecule has 0 atom stereocenters. The summed E-state index contributed by atoms with van der Waals surface area (Å²) in [5.74, 6) is 0.653. The first-order valence-electron chi connectivity index (χ1n) is 4.93. The van der Waals surface area contributed by atoms with Gasteiger partial charge in [-0.25, -0.2) is 0 Å². The Balaban J connectivity index is 0. The van der Waals surface area contributed by atoms with Crippen LogP contribution in [0.1, 0.15) is 37.8 Å². The van der Waals surface area contributed by atoms with Crippen molar-refractivity contribution in [3.8, 4) is 0 Å². The summed E-state index contributed by atoms with van der Waals surface area (Å²) in [5, 5.41) is 5.50. The van der Waals surface area contributed by atoms with Crippen LogP contribution in [-0.4, -0.2) is 13.0 Å². The number of hydrogen-bond donors (Lipinski definition) is 1. The van der Waals surface area contributed by atoms with E-state index in [1.54, 1.807) is 0 Å². The van der Waals surface area contributed by atoms with E-state index in [0.29, 0.717) is 5.92 Å². The highest BCUT2D eigenvalue weighted by atomic mass is 16.1. The van der Waals surface area contributed by atoms with E-state index >= 15 is 0 Å². The van der Waals surface area contributed by atoms with Gasteiger partial charge in [-0.3, -0.25) is 0 Å². The van der Waals surface area contributed by atoms with Crippen LogP contribution >= 0.6 is 0 Å². The van der Waals surface area contributed by atoms with Gasteiger partial charge in [0.25, 0.3) is 0 Å². The maximum Gasteiger partial charge on any atom is 0.116 e. The predicted octanol–water partition coefficient (Wildman–Crippen LogP) is 3.59. The summed E-state index contributed by atoms with van der Waals surface area (Å²) in [6.45, 7) is 10.5. The highest BCUT2D eigenvalue weighted by molar-refractivity contribution is 5.44. The van der Waals surface area contributed by atoms with Crippen LogP contribution < -0.4 is 0 Å². The Labute approximate surface area is 92.8 Å². The molecule has 1 aromatic rings. The first-order valence-corrected chi connectivity index (χ1v) is 4.93. The van der Waals surface area contributed by atoms with Gasteiger partial charge in [-0.2, -0.15) is 0 Å². The fourth-order valence-corrected chi connectivity index (χ4v) is 0.951. The quantitative estimate of drug-likeness (QED) is 0.555. The lowest BCUT2D eigenvalue weighted by Crippen LogP contribution is -1.85. The van der Waals surface area contributed by atoms with Gasteiger partial charge in [-0.05, 0) is 32.0 Å². The highest BCUT2D eigenvalue weighted by Gasteiger charge is 1.95. The van der Waals surface area contributed by atoms with Crippen molar-refractivity contribution in [2.24, 2.45) is 0 Å². The molecule has 0 spiro atoms. The monoisotopic (exact) mass is 207 g/mol. The summed E-state index contributed by atoms with van der Waals surface area (Å²) in [4.78, 5) is 8.81. The second-order valence-corrected chi connectivity index (χ2v) is 3.30. The zero-order valence-corrected chi connectivity index (χ0v) is 10.1. The van der Waals surface area contributed by atoms with Gasteiger partial charge < -0.3 is 10.2 Å². The molecule has 2 nitrogen and oxygen atoms in total. The number of carbonyl (C=O) groups is 1. The molecule has 0 saturated heterocycles.